The Balaban J connectivity index is 1.85. The number of para-hydroxylation sites is 1. The van der Waals surface area contributed by atoms with Gasteiger partial charge in [0.15, 0.2) is 5.96 Å². The van der Waals surface area contributed by atoms with Gasteiger partial charge in [-0.05, 0) is 42.2 Å². The number of hydrogen-bond donors (Lipinski definition) is 2. The molecule has 0 aliphatic carbocycles. The second-order valence-corrected chi connectivity index (χ2v) is 5.80. The molecule has 0 heterocycles. The summed E-state index contributed by atoms with van der Waals surface area (Å²) in [5.74, 6) is 1.75. The van der Waals surface area contributed by atoms with E-state index in [4.69, 9.17) is 10.5 Å². The minimum Gasteiger partial charge on any atom is -0.491 e. The third kappa shape index (κ3) is 5.33. The van der Waals surface area contributed by atoms with E-state index >= 15 is 0 Å². The Hall–Kier alpha value is -2.49. The van der Waals surface area contributed by atoms with Crippen LogP contribution in [0.1, 0.15) is 30.9 Å². The molecule has 0 saturated heterocycles. The molecule has 0 amide bonds. The van der Waals surface area contributed by atoms with Gasteiger partial charge in [-0.3, -0.25) is 0 Å². The van der Waals surface area contributed by atoms with Crippen LogP contribution in [0.15, 0.2) is 53.5 Å². The number of anilines is 1. The molecule has 0 aromatic heterocycles. The maximum absolute atomic E-state index is 5.90. The summed E-state index contributed by atoms with van der Waals surface area (Å²) in [4.78, 5) is 4.30. The maximum Gasteiger partial charge on any atom is 0.193 e. The molecule has 4 nitrogen and oxygen atoms in total. The number of benzene rings is 2. The van der Waals surface area contributed by atoms with E-state index in [0.717, 1.165) is 11.4 Å². The van der Waals surface area contributed by atoms with Gasteiger partial charge in [0.05, 0.1) is 6.54 Å². The van der Waals surface area contributed by atoms with E-state index in [2.05, 4.69) is 30.2 Å². The maximum atomic E-state index is 5.90. The first-order valence-corrected chi connectivity index (χ1v) is 7.91. The molecule has 122 valence electrons. The lowest BCUT2D eigenvalue weighted by molar-refractivity contribution is 0.324. The summed E-state index contributed by atoms with van der Waals surface area (Å²) in [7, 11) is 0. The van der Waals surface area contributed by atoms with Crippen LogP contribution in [0.3, 0.4) is 0 Å². The zero-order chi connectivity index (χ0) is 16.7. The smallest absolute Gasteiger partial charge is 0.193 e. The molecule has 0 bridgehead atoms. The minimum absolute atomic E-state index is 0.399. The van der Waals surface area contributed by atoms with E-state index < -0.39 is 0 Å². The van der Waals surface area contributed by atoms with Crippen LogP contribution in [0, 0.1) is 6.92 Å². The Morgan fingerprint density at radius 1 is 1.17 bits per heavy atom. The summed E-state index contributed by atoms with van der Waals surface area (Å²) >= 11 is 0. The molecule has 0 unspecified atom stereocenters. The molecule has 0 atom stereocenters. The van der Waals surface area contributed by atoms with Crippen LogP contribution in [0.2, 0.25) is 0 Å². The van der Waals surface area contributed by atoms with Crippen LogP contribution in [0.4, 0.5) is 5.69 Å². The van der Waals surface area contributed by atoms with Crippen molar-refractivity contribution in [3.05, 3.63) is 59.7 Å². The second kappa shape index (κ2) is 8.22. The highest BCUT2D eigenvalue weighted by molar-refractivity contribution is 5.92. The van der Waals surface area contributed by atoms with Crippen LogP contribution in [0.25, 0.3) is 0 Å². The zero-order valence-corrected chi connectivity index (χ0v) is 14.0. The standard InChI is InChI=1S/C19H25N3O/c1-14(2)17-9-4-5-10-18(17)23-12-11-21-19(20)22-16-8-6-7-15(3)13-16/h4-10,13-14H,11-12H2,1-3H3,(H3,20,21,22). The Labute approximate surface area is 138 Å². The molecule has 0 fully saturated rings. The van der Waals surface area contributed by atoms with Crippen molar-refractivity contribution in [3.63, 3.8) is 0 Å². The molecule has 4 heteroatoms. The fourth-order valence-electron chi connectivity index (χ4n) is 2.32. The average Bonchev–Trinajstić information content (AvgIpc) is 2.52. The lowest BCUT2D eigenvalue weighted by atomic mass is 10.0. The Morgan fingerprint density at radius 2 is 1.96 bits per heavy atom. The zero-order valence-electron chi connectivity index (χ0n) is 14.0. The van der Waals surface area contributed by atoms with Gasteiger partial charge in [0.25, 0.3) is 0 Å². The second-order valence-electron chi connectivity index (χ2n) is 5.80. The summed E-state index contributed by atoms with van der Waals surface area (Å²) < 4.78 is 5.83. The van der Waals surface area contributed by atoms with Gasteiger partial charge in [0, 0.05) is 5.69 Å². The fourth-order valence-corrected chi connectivity index (χ4v) is 2.32. The molecule has 0 aliphatic heterocycles. The highest BCUT2D eigenvalue weighted by Crippen LogP contribution is 2.25. The normalized spacial score (nSPS) is 11.6. The van der Waals surface area contributed by atoms with Crippen molar-refractivity contribution < 1.29 is 4.74 Å². The Morgan fingerprint density at radius 3 is 2.70 bits per heavy atom. The van der Waals surface area contributed by atoms with Crippen LogP contribution < -0.4 is 15.8 Å². The topological polar surface area (TPSA) is 59.6 Å². The number of hydrogen-bond acceptors (Lipinski definition) is 2. The van der Waals surface area contributed by atoms with Crippen molar-refractivity contribution in [2.75, 3.05) is 18.5 Å². The van der Waals surface area contributed by atoms with Gasteiger partial charge in [-0.2, -0.15) is 0 Å². The van der Waals surface area contributed by atoms with Crippen molar-refractivity contribution in [1.29, 1.82) is 0 Å². The van der Waals surface area contributed by atoms with Gasteiger partial charge in [-0.1, -0.05) is 44.2 Å². The van der Waals surface area contributed by atoms with E-state index in [0.29, 0.717) is 25.0 Å². The first-order valence-electron chi connectivity index (χ1n) is 7.91. The largest absolute Gasteiger partial charge is 0.491 e. The van der Waals surface area contributed by atoms with E-state index in [9.17, 15) is 0 Å². The molecule has 3 N–H and O–H groups in total. The first kappa shape index (κ1) is 16.9. The summed E-state index contributed by atoms with van der Waals surface area (Å²) in [6.45, 7) is 7.36. The van der Waals surface area contributed by atoms with E-state index in [-0.39, 0.29) is 0 Å². The molecule has 2 rings (SSSR count). The third-order valence-electron chi connectivity index (χ3n) is 3.46. The van der Waals surface area contributed by atoms with Crippen molar-refractivity contribution in [3.8, 4) is 5.75 Å². The summed E-state index contributed by atoms with van der Waals surface area (Å²) in [5.41, 5.74) is 9.23. The number of nitrogens with zero attached hydrogens (tertiary/aromatic N) is 1. The number of aryl methyl sites for hydroxylation is 1. The van der Waals surface area contributed by atoms with Crippen molar-refractivity contribution in [2.24, 2.45) is 10.7 Å². The first-order chi connectivity index (χ1) is 11.1. The van der Waals surface area contributed by atoms with E-state index in [1.54, 1.807) is 0 Å². The average molecular weight is 311 g/mol. The number of ether oxygens (including phenoxy) is 1. The third-order valence-corrected chi connectivity index (χ3v) is 3.46. The number of guanidine groups is 1. The van der Waals surface area contributed by atoms with Gasteiger partial charge < -0.3 is 15.8 Å². The molecule has 2 aromatic carbocycles. The molecule has 23 heavy (non-hydrogen) atoms. The quantitative estimate of drug-likeness (QED) is 0.483. The predicted octanol–water partition coefficient (Wildman–Crippen LogP) is 3.92. The van der Waals surface area contributed by atoms with Gasteiger partial charge in [0.2, 0.25) is 0 Å². The fraction of sp³-hybridized carbons (Fsp3) is 0.316. The van der Waals surface area contributed by atoms with Crippen LogP contribution in [-0.2, 0) is 0 Å². The van der Waals surface area contributed by atoms with Crippen molar-refractivity contribution in [1.82, 2.24) is 0 Å². The monoisotopic (exact) mass is 311 g/mol. The molecular formula is C19H25N3O. The van der Waals surface area contributed by atoms with Crippen LogP contribution in [0.5, 0.6) is 5.75 Å². The molecule has 0 saturated carbocycles. The summed E-state index contributed by atoms with van der Waals surface area (Å²) in [6.07, 6.45) is 0. The van der Waals surface area contributed by atoms with Crippen molar-refractivity contribution in [2.45, 2.75) is 26.7 Å². The van der Waals surface area contributed by atoms with Gasteiger partial charge >= 0.3 is 0 Å². The number of aliphatic imine (C=N–C) groups is 1. The molecule has 2 aromatic rings. The number of nitrogens with one attached hydrogen (secondary N) is 1. The number of nitrogens with two attached hydrogens (primary N) is 1. The minimum atomic E-state index is 0.399. The Kier molecular flexibility index (Phi) is 6.03. The van der Waals surface area contributed by atoms with Crippen LogP contribution >= 0.6 is 0 Å². The predicted molar refractivity (Wildman–Crippen MR) is 97.3 cm³/mol. The summed E-state index contributed by atoms with van der Waals surface area (Å²) in [6, 6.07) is 16.1. The lowest BCUT2D eigenvalue weighted by Crippen LogP contribution is -2.23. The highest BCUT2D eigenvalue weighted by atomic mass is 16.5. The van der Waals surface area contributed by atoms with E-state index in [1.165, 1.54) is 11.1 Å². The van der Waals surface area contributed by atoms with Gasteiger partial charge in [0.1, 0.15) is 12.4 Å². The number of rotatable bonds is 6. The molecule has 0 radical (unpaired) electrons. The molecule has 0 aliphatic rings. The van der Waals surface area contributed by atoms with Gasteiger partial charge in [-0.25, -0.2) is 4.99 Å². The molecule has 0 spiro atoms. The highest BCUT2D eigenvalue weighted by Gasteiger charge is 2.06. The summed E-state index contributed by atoms with van der Waals surface area (Å²) in [5, 5.41) is 3.08. The Bertz CT molecular complexity index is 665. The molecular weight excluding hydrogens is 286 g/mol. The SMILES string of the molecule is Cc1cccc(NC(N)=NCCOc2ccccc2C(C)C)c1. The lowest BCUT2D eigenvalue weighted by Gasteiger charge is -2.13. The van der Waals surface area contributed by atoms with Crippen LogP contribution in [-0.4, -0.2) is 19.1 Å². The van der Waals surface area contributed by atoms with Gasteiger partial charge in [-0.15, -0.1) is 0 Å². The van der Waals surface area contributed by atoms with E-state index in [1.807, 2.05) is 49.4 Å². The van der Waals surface area contributed by atoms with Crippen molar-refractivity contribution >= 4 is 11.6 Å².